The van der Waals surface area contributed by atoms with Crippen LogP contribution in [0.15, 0.2) is 34.4 Å². The third kappa shape index (κ3) is 5.87. The lowest BCUT2D eigenvalue weighted by Gasteiger charge is -2.33. The predicted molar refractivity (Wildman–Crippen MR) is 143 cm³/mol. The van der Waals surface area contributed by atoms with Crippen molar-refractivity contribution in [3.63, 3.8) is 0 Å². The minimum atomic E-state index is -0.177. The maximum Gasteiger partial charge on any atom is 0.234 e. The number of thiophene rings is 1. The minimum Gasteiger partial charge on any atom is -0.494 e. The highest BCUT2D eigenvalue weighted by Crippen LogP contribution is 2.43. The van der Waals surface area contributed by atoms with Gasteiger partial charge in [-0.3, -0.25) is 4.79 Å². The summed E-state index contributed by atoms with van der Waals surface area (Å²) in [4.78, 5) is 24.7. The van der Waals surface area contributed by atoms with Gasteiger partial charge in [0.15, 0.2) is 5.16 Å². The number of rotatable bonds is 10. The second-order valence-electron chi connectivity index (χ2n) is 8.41. The molecule has 1 unspecified atom stereocenters. The molecule has 4 rings (SSSR count). The average Bonchev–Trinajstić information content (AvgIpc) is 3.20. The number of benzene rings is 1. The third-order valence-electron chi connectivity index (χ3n) is 5.76. The normalized spacial score (nSPS) is 17.5. The van der Waals surface area contributed by atoms with Crippen LogP contribution in [0.2, 0.25) is 0 Å². The fraction of sp³-hybridized carbons (Fsp3) is 0.480. The Labute approximate surface area is 213 Å². The number of fused-ring (bicyclic) bond motifs is 3. The molecule has 1 aromatic carbocycles. The van der Waals surface area contributed by atoms with Gasteiger partial charge in [-0.2, -0.15) is 0 Å². The molecule has 3 heterocycles. The van der Waals surface area contributed by atoms with Crippen molar-refractivity contribution < 1.29 is 14.3 Å². The molecule has 1 amide bonds. The largest absolute Gasteiger partial charge is 0.494 e. The summed E-state index contributed by atoms with van der Waals surface area (Å²) >= 11 is 4.85. The number of nitrogens with zero attached hydrogens (tertiary/aromatic N) is 2. The molecule has 0 fully saturated rings. The van der Waals surface area contributed by atoms with E-state index in [1.165, 1.54) is 22.2 Å². The summed E-state index contributed by atoms with van der Waals surface area (Å²) in [7, 11) is 0. The Hall–Kier alpha value is -1.81. The highest BCUT2D eigenvalue weighted by molar-refractivity contribution is 8.00. The molecule has 0 saturated carbocycles. The number of amides is 1. The Morgan fingerprint density at radius 2 is 2.00 bits per heavy atom. The monoisotopic (exact) mass is 517 g/mol. The van der Waals surface area contributed by atoms with E-state index in [0.29, 0.717) is 13.2 Å². The zero-order chi connectivity index (χ0) is 24.1. The first-order valence-corrected chi connectivity index (χ1v) is 14.5. The maximum atomic E-state index is 12.7. The van der Waals surface area contributed by atoms with Crippen LogP contribution in [0.1, 0.15) is 51.0 Å². The molecular weight excluding hydrogens is 486 g/mol. The number of nitrogens with one attached hydrogen (secondary N) is 1. The summed E-state index contributed by atoms with van der Waals surface area (Å²) < 4.78 is 11.6. The van der Waals surface area contributed by atoms with Crippen molar-refractivity contribution in [2.24, 2.45) is 0 Å². The van der Waals surface area contributed by atoms with Crippen LogP contribution in [0.25, 0.3) is 10.2 Å². The highest BCUT2D eigenvalue weighted by Gasteiger charge is 2.33. The molecule has 1 aliphatic heterocycles. The molecule has 6 nitrogen and oxygen atoms in total. The van der Waals surface area contributed by atoms with Crippen LogP contribution < -0.4 is 10.1 Å². The van der Waals surface area contributed by atoms with Crippen molar-refractivity contribution in [1.29, 1.82) is 0 Å². The Morgan fingerprint density at radius 1 is 1.21 bits per heavy atom. The molecule has 0 aliphatic carbocycles. The van der Waals surface area contributed by atoms with E-state index in [1.54, 1.807) is 23.1 Å². The number of thioether (sulfide) groups is 2. The highest BCUT2D eigenvalue weighted by atomic mass is 32.2. The van der Waals surface area contributed by atoms with Crippen molar-refractivity contribution in [2.75, 3.05) is 23.4 Å². The van der Waals surface area contributed by atoms with Crippen LogP contribution in [0.3, 0.4) is 0 Å². The van der Waals surface area contributed by atoms with E-state index in [2.05, 4.69) is 26.1 Å². The molecule has 2 aromatic heterocycles. The van der Waals surface area contributed by atoms with E-state index < -0.39 is 0 Å². The topological polar surface area (TPSA) is 73.3 Å². The van der Waals surface area contributed by atoms with Gasteiger partial charge >= 0.3 is 0 Å². The minimum absolute atomic E-state index is 0.0606. The number of aromatic nitrogens is 2. The van der Waals surface area contributed by atoms with Crippen LogP contribution in [0.5, 0.6) is 5.75 Å². The van der Waals surface area contributed by atoms with Gasteiger partial charge < -0.3 is 14.8 Å². The number of anilines is 1. The standard InChI is InChI=1S/C25H31N3O3S3/c1-5-12-32-24-27-22(33-15-20(29)26-16-8-10-17(11-9-16)30-7-3)21-18-13-25(4,6-2)31-14-19(18)34-23(21)28-24/h8-11H,5-7,12-15H2,1-4H3,(H,26,29). The predicted octanol–water partition coefficient (Wildman–Crippen LogP) is 6.56. The van der Waals surface area contributed by atoms with E-state index in [4.69, 9.17) is 19.4 Å². The van der Waals surface area contributed by atoms with Crippen molar-refractivity contribution >= 4 is 56.7 Å². The average molecular weight is 518 g/mol. The summed E-state index contributed by atoms with van der Waals surface area (Å²) in [6.45, 7) is 9.66. The number of carbonyl (C=O) groups excluding carboxylic acids is 1. The van der Waals surface area contributed by atoms with Gasteiger partial charge in [-0.25, -0.2) is 9.97 Å². The SMILES string of the molecule is CCCSc1nc(SCC(=O)Nc2ccc(OCC)cc2)c2c3c(sc2n1)COC(C)(CC)C3. The van der Waals surface area contributed by atoms with Gasteiger partial charge in [-0.05, 0) is 56.5 Å². The molecule has 1 atom stereocenters. The number of hydrogen-bond donors (Lipinski definition) is 1. The van der Waals surface area contributed by atoms with Crippen molar-refractivity contribution in [3.8, 4) is 5.75 Å². The zero-order valence-electron chi connectivity index (χ0n) is 20.1. The fourth-order valence-corrected chi connectivity index (χ4v) is 6.58. The first kappa shape index (κ1) is 25.3. The first-order valence-electron chi connectivity index (χ1n) is 11.7. The molecule has 182 valence electrons. The number of ether oxygens (including phenoxy) is 2. The summed E-state index contributed by atoms with van der Waals surface area (Å²) in [5.41, 5.74) is 1.87. The van der Waals surface area contributed by atoms with Crippen LogP contribution in [0, 0.1) is 0 Å². The second kappa shape index (κ2) is 11.3. The zero-order valence-corrected chi connectivity index (χ0v) is 22.6. The van der Waals surface area contributed by atoms with Crippen LogP contribution in [0.4, 0.5) is 5.69 Å². The Morgan fingerprint density at radius 3 is 2.71 bits per heavy atom. The molecule has 0 bridgehead atoms. The lowest BCUT2D eigenvalue weighted by molar-refractivity contribution is -0.113. The molecule has 3 aromatic rings. The molecule has 0 spiro atoms. The molecular formula is C25H31N3O3S3. The molecule has 9 heteroatoms. The summed E-state index contributed by atoms with van der Waals surface area (Å²) in [5, 5.41) is 5.75. The number of hydrogen-bond acceptors (Lipinski definition) is 8. The van der Waals surface area contributed by atoms with Gasteiger partial charge in [0.1, 0.15) is 15.6 Å². The van der Waals surface area contributed by atoms with Crippen LogP contribution >= 0.6 is 34.9 Å². The lowest BCUT2D eigenvalue weighted by Crippen LogP contribution is -2.33. The van der Waals surface area contributed by atoms with E-state index in [1.807, 2.05) is 31.2 Å². The first-order chi connectivity index (χ1) is 16.4. The smallest absolute Gasteiger partial charge is 0.234 e. The third-order valence-corrected chi connectivity index (χ3v) is 8.88. The Kier molecular flexibility index (Phi) is 8.39. The van der Waals surface area contributed by atoms with Gasteiger partial charge in [0, 0.05) is 28.1 Å². The molecule has 1 N–H and O–H groups in total. The molecule has 0 radical (unpaired) electrons. The molecule has 34 heavy (non-hydrogen) atoms. The van der Waals surface area contributed by atoms with Gasteiger partial charge in [-0.1, -0.05) is 37.4 Å². The second-order valence-corrected chi connectivity index (χ2v) is 11.5. The van der Waals surface area contributed by atoms with Gasteiger partial charge in [0.2, 0.25) is 5.91 Å². The molecule has 1 aliphatic rings. The van der Waals surface area contributed by atoms with Crippen molar-refractivity contribution in [3.05, 3.63) is 34.7 Å². The van der Waals surface area contributed by atoms with Gasteiger partial charge in [0.05, 0.1) is 24.6 Å². The summed E-state index contributed by atoms with van der Waals surface area (Å²) in [5.74, 6) is 1.98. The van der Waals surface area contributed by atoms with Crippen molar-refractivity contribution in [2.45, 2.75) is 69.3 Å². The van der Waals surface area contributed by atoms with E-state index in [0.717, 1.165) is 56.9 Å². The summed E-state index contributed by atoms with van der Waals surface area (Å²) in [6.07, 6.45) is 2.85. The van der Waals surface area contributed by atoms with E-state index in [9.17, 15) is 4.79 Å². The number of carbonyl (C=O) groups is 1. The fourth-order valence-electron chi connectivity index (χ4n) is 3.74. The van der Waals surface area contributed by atoms with Gasteiger partial charge in [-0.15, -0.1) is 11.3 Å². The summed E-state index contributed by atoms with van der Waals surface area (Å²) in [6, 6.07) is 7.44. The van der Waals surface area contributed by atoms with E-state index >= 15 is 0 Å². The quantitative estimate of drug-likeness (QED) is 0.185. The van der Waals surface area contributed by atoms with Crippen LogP contribution in [-0.2, 0) is 22.6 Å². The van der Waals surface area contributed by atoms with E-state index in [-0.39, 0.29) is 17.3 Å². The van der Waals surface area contributed by atoms with Gasteiger partial charge in [0.25, 0.3) is 0 Å². The Bertz CT molecular complexity index is 1150. The van der Waals surface area contributed by atoms with Crippen LogP contribution in [-0.4, -0.2) is 39.6 Å². The molecule has 0 saturated heterocycles. The maximum absolute atomic E-state index is 12.7. The van der Waals surface area contributed by atoms with Crippen molar-refractivity contribution in [1.82, 2.24) is 9.97 Å². The lowest BCUT2D eigenvalue weighted by atomic mass is 9.90. The Balaban J connectivity index is 1.56.